The van der Waals surface area contributed by atoms with E-state index in [0.29, 0.717) is 12.1 Å². The highest BCUT2D eigenvalue weighted by Crippen LogP contribution is 2.33. The Labute approximate surface area is 148 Å². The van der Waals surface area contributed by atoms with E-state index in [1.807, 2.05) is 30.3 Å². The van der Waals surface area contributed by atoms with Crippen LogP contribution in [0.15, 0.2) is 67.8 Å². The molecule has 0 aliphatic carbocycles. The number of allylic oxidation sites excluding steroid dienone is 1. The molecule has 0 radical (unpaired) electrons. The zero-order chi connectivity index (χ0) is 16.2. The second kappa shape index (κ2) is 7.04. The molecule has 116 valence electrons. The zero-order valence-corrected chi connectivity index (χ0v) is 14.5. The van der Waals surface area contributed by atoms with E-state index >= 15 is 0 Å². The second-order valence-corrected chi connectivity index (χ2v) is 6.47. The Morgan fingerprint density at radius 3 is 2.57 bits per heavy atom. The van der Waals surface area contributed by atoms with Crippen molar-refractivity contribution in [1.29, 1.82) is 0 Å². The van der Waals surface area contributed by atoms with Crippen LogP contribution in [0.2, 0.25) is 0 Å². The van der Waals surface area contributed by atoms with Crippen molar-refractivity contribution in [2.24, 2.45) is 0 Å². The number of aromatic nitrogens is 3. The molecule has 0 fully saturated rings. The number of hydrogen-bond donors (Lipinski definition) is 0. The third-order valence-corrected chi connectivity index (χ3v) is 4.47. The van der Waals surface area contributed by atoms with Gasteiger partial charge in [-0.05, 0) is 57.5 Å². The quantitative estimate of drug-likeness (QED) is 0.570. The molecule has 0 saturated carbocycles. The van der Waals surface area contributed by atoms with E-state index < -0.39 is 0 Å². The van der Waals surface area contributed by atoms with Gasteiger partial charge in [-0.3, -0.25) is 4.68 Å². The van der Waals surface area contributed by atoms with Crippen LogP contribution in [0.5, 0.6) is 0 Å². The van der Waals surface area contributed by atoms with Gasteiger partial charge in [0.05, 0.1) is 6.54 Å². The first-order valence-electron chi connectivity index (χ1n) is 7.16. The predicted octanol–water partition coefficient (Wildman–Crippen LogP) is 4.52. The molecule has 0 aliphatic heterocycles. The average Bonchev–Trinajstić information content (AvgIpc) is 3.07. The third-order valence-electron chi connectivity index (χ3n) is 3.75. The molecule has 23 heavy (non-hydrogen) atoms. The first kappa shape index (κ1) is 15.9. The minimum atomic E-state index is -0.232. The van der Waals surface area contributed by atoms with Gasteiger partial charge in [-0.15, -0.1) is 0 Å². The standard InChI is InChI=1S/C18H15FIN3/c1-13(14-6-8-15(20)9-7-14)17(10-23-12-21-11-22-23)16-4-2-3-5-18(16)19/h2-9,11-12,17H,1,10H2. The lowest BCUT2D eigenvalue weighted by molar-refractivity contribution is 0.545. The summed E-state index contributed by atoms with van der Waals surface area (Å²) in [5.41, 5.74) is 2.48. The van der Waals surface area contributed by atoms with Crippen LogP contribution in [-0.2, 0) is 6.54 Å². The van der Waals surface area contributed by atoms with Crippen LogP contribution in [0, 0.1) is 9.39 Å². The molecule has 1 heterocycles. The summed E-state index contributed by atoms with van der Waals surface area (Å²) < 4.78 is 17.2. The summed E-state index contributed by atoms with van der Waals surface area (Å²) in [6, 6.07) is 14.9. The van der Waals surface area contributed by atoms with Crippen molar-refractivity contribution in [1.82, 2.24) is 14.8 Å². The average molecular weight is 419 g/mol. The third kappa shape index (κ3) is 3.67. The van der Waals surface area contributed by atoms with Gasteiger partial charge in [-0.1, -0.05) is 36.9 Å². The zero-order valence-electron chi connectivity index (χ0n) is 12.4. The van der Waals surface area contributed by atoms with Crippen LogP contribution < -0.4 is 0 Å². The van der Waals surface area contributed by atoms with Gasteiger partial charge in [0.1, 0.15) is 18.5 Å². The van der Waals surface area contributed by atoms with Crippen molar-refractivity contribution in [3.05, 3.63) is 88.3 Å². The smallest absolute Gasteiger partial charge is 0.137 e. The fourth-order valence-electron chi connectivity index (χ4n) is 2.53. The summed E-state index contributed by atoms with van der Waals surface area (Å²) in [5.74, 6) is -0.442. The molecule has 0 bridgehead atoms. The molecule has 1 unspecified atom stereocenters. The van der Waals surface area contributed by atoms with E-state index in [2.05, 4.69) is 39.3 Å². The predicted molar refractivity (Wildman–Crippen MR) is 97.4 cm³/mol. The maximum atomic E-state index is 14.3. The summed E-state index contributed by atoms with van der Waals surface area (Å²) in [4.78, 5) is 3.96. The Hall–Kier alpha value is -2.02. The Balaban J connectivity index is 1.99. The fourth-order valence-corrected chi connectivity index (χ4v) is 2.89. The van der Waals surface area contributed by atoms with Gasteiger partial charge in [0.25, 0.3) is 0 Å². The Morgan fingerprint density at radius 1 is 1.17 bits per heavy atom. The number of halogens is 2. The minimum Gasteiger partial charge on any atom is -0.252 e. The summed E-state index contributed by atoms with van der Waals surface area (Å²) >= 11 is 2.26. The van der Waals surface area contributed by atoms with Gasteiger partial charge in [0.2, 0.25) is 0 Å². The lowest BCUT2D eigenvalue weighted by Crippen LogP contribution is -2.13. The lowest BCUT2D eigenvalue weighted by atomic mass is 9.87. The number of benzene rings is 2. The molecule has 0 N–H and O–H groups in total. The highest BCUT2D eigenvalue weighted by Gasteiger charge is 2.21. The fraction of sp³-hybridized carbons (Fsp3) is 0.111. The SMILES string of the molecule is C=C(c1ccc(I)cc1)C(Cn1cncn1)c1ccccc1F. The topological polar surface area (TPSA) is 30.7 Å². The van der Waals surface area contributed by atoms with Crippen molar-refractivity contribution in [2.45, 2.75) is 12.5 Å². The van der Waals surface area contributed by atoms with Crippen LogP contribution in [0.3, 0.4) is 0 Å². The van der Waals surface area contributed by atoms with Crippen LogP contribution in [-0.4, -0.2) is 14.8 Å². The van der Waals surface area contributed by atoms with Crippen LogP contribution in [0.4, 0.5) is 4.39 Å². The minimum absolute atomic E-state index is 0.210. The van der Waals surface area contributed by atoms with Crippen molar-refractivity contribution < 1.29 is 4.39 Å². The molecular weight excluding hydrogens is 404 g/mol. The van der Waals surface area contributed by atoms with Gasteiger partial charge in [0, 0.05) is 9.49 Å². The van der Waals surface area contributed by atoms with Gasteiger partial charge >= 0.3 is 0 Å². The molecule has 3 aromatic rings. The molecule has 1 atom stereocenters. The second-order valence-electron chi connectivity index (χ2n) is 5.22. The van der Waals surface area contributed by atoms with Gasteiger partial charge in [0.15, 0.2) is 0 Å². The molecule has 2 aromatic carbocycles. The monoisotopic (exact) mass is 419 g/mol. The summed E-state index contributed by atoms with van der Waals surface area (Å²) in [6.07, 6.45) is 3.11. The summed E-state index contributed by atoms with van der Waals surface area (Å²) in [6.45, 7) is 4.71. The van der Waals surface area contributed by atoms with Crippen LogP contribution in [0.25, 0.3) is 5.57 Å². The van der Waals surface area contributed by atoms with E-state index in [-0.39, 0.29) is 11.7 Å². The Bertz CT molecular complexity index is 797. The molecular formula is C18H15FIN3. The normalized spacial score (nSPS) is 12.1. The van der Waals surface area contributed by atoms with E-state index in [9.17, 15) is 4.39 Å². The summed E-state index contributed by atoms with van der Waals surface area (Å²) in [5, 5.41) is 4.14. The van der Waals surface area contributed by atoms with Crippen molar-refractivity contribution in [3.63, 3.8) is 0 Å². The van der Waals surface area contributed by atoms with Crippen molar-refractivity contribution >= 4 is 28.2 Å². The summed E-state index contributed by atoms with van der Waals surface area (Å²) in [7, 11) is 0. The maximum absolute atomic E-state index is 14.3. The molecule has 3 rings (SSSR count). The van der Waals surface area contributed by atoms with E-state index in [0.717, 1.165) is 14.7 Å². The van der Waals surface area contributed by atoms with E-state index in [1.54, 1.807) is 23.1 Å². The van der Waals surface area contributed by atoms with Gasteiger partial charge in [-0.25, -0.2) is 9.37 Å². The first-order chi connectivity index (χ1) is 11.1. The molecule has 0 amide bonds. The highest BCUT2D eigenvalue weighted by molar-refractivity contribution is 14.1. The van der Waals surface area contributed by atoms with Crippen LogP contribution >= 0.6 is 22.6 Å². The number of nitrogens with zero attached hydrogens (tertiary/aromatic N) is 3. The van der Waals surface area contributed by atoms with Crippen molar-refractivity contribution in [2.75, 3.05) is 0 Å². The molecule has 0 spiro atoms. The lowest BCUT2D eigenvalue weighted by Gasteiger charge is -2.21. The molecule has 0 saturated heterocycles. The van der Waals surface area contributed by atoms with Crippen LogP contribution in [0.1, 0.15) is 17.0 Å². The highest BCUT2D eigenvalue weighted by atomic mass is 127. The van der Waals surface area contributed by atoms with E-state index in [1.165, 1.54) is 12.4 Å². The maximum Gasteiger partial charge on any atom is 0.137 e. The van der Waals surface area contributed by atoms with E-state index in [4.69, 9.17) is 0 Å². The largest absolute Gasteiger partial charge is 0.252 e. The molecule has 0 aliphatic rings. The van der Waals surface area contributed by atoms with Gasteiger partial charge < -0.3 is 0 Å². The first-order valence-corrected chi connectivity index (χ1v) is 8.24. The van der Waals surface area contributed by atoms with Gasteiger partial charge in [-0.2, -0.15) is 5.10 Å². The molecule has 5 heteroatoms. The Kier molecular flexibility index (Phi) is 4.85. The van der Waals surface area contributed by atoms with Crippen molar-refractivity contribution in [3.8, 4) is 0 Å². The number of hydrogen-bond acceptors (Lipinski definition) is 2. The molecule has 1 aromatic heterocycles. The molecule has 3 nitrogen and oxygen atoms in total. The number of rotatable bonds is 5. The Morgan fingerprint density at radius 2 is 1.91 bits per heavy atom.